The number of benzene rings is 2. The highest BCUT2D eigenvalue weighted by Crippen LogP contribution is 2.31. The molecule has 1 N–H and O–H groups in total. The number of hydrogen-bond donors (Lipinski definition) is 1. The van der Waals surface area contributed by atoms with Crippen LogP contribution in [0.1, 0.15) is 50.3 Å². The van der Waals surface area contributed by atoms with Crippen molar-refractivity contribution in [1.29, 1.82) is 0 Å². The number of hydrogen-bond acceptors (Lipinski definition) is 2. The fraction of sp³-hybridized carbons (Fsp3) is 0.333. The maximum atomic E-state index is 11.0. The minimum absolute atomic E-state index is 0.166. The van der Waals surface area contributed by atoms with Gasteiger partial charge in [-0.15, -0.1) is 0 Å². The third-order valence-corrected chi connectivity index (χ3v) is 4.51. The fourth-order valence-corrected chi connectivity index (χ4v) is 2.81. The summed E-state index contributed by atoms with van der Waals surface area (Å²) in [6.07, 6.45) is 9.88. The second-order valence-corrected chi connectivity index (χ2v) is 6.55. The number of allylic oxidation sites excluding steroid dienone is 3. The van der Waals surface area contributed by atoms with Crippen molar-refractivity contribution in [3.05, 3.63) is 96.1 Å². The normalized spacial score (nSPS) is 15.3. The molecule has 2 atom stereocenters. The molecule has 2 unspecified atom stereocenters. The molecule has 0 amide bonds. The van der Waals surface area contributed by atoms with Gasteiger partial charge in [-0.3, -0.25) is 0 Å². The lowest BCUT2D eigenvalue weighted by atomic mass is 9.89. The Morgan fingerprint density at radius 2 is 1.62 bits per heavy atom. The van der Waals surface area contributed by atoms with E-state index in [4.69, 9.17) is 4.74 Å². The molecule has 0 spiro atoms. The molecule has 0 bridgehead atoms. The maximum absolute atomic E-state index is 11.0. The number of ether oxygens (including phenoxy) is 1. The van der Waals surface area contributed by atoms with Gasteiger partial charge < -0.3 is 9.84 Å². The average molecular weight is 351 g/mol. The largest absolute Gasteiger partial charge is 0.386 e. The quantitative estimate of drug-likeness (QED) is 0.533. The van der Waals surface area contributed by atoms with Crippen molar-refractivity contribution in [2.75, 3.05) is 0 Å². The minimum atomic E-state index is -0.894. The van der Waals surface area contributed by atoms with Crippen LogP contribution in [0.3, 0.4) is 0 Å². The van der Waals surface area contributed by atoms with Gasteiger partial charge in [0.1, 0.15) is 0 Å². The van der Waals surface area contributed by atoms with Crippen molar-refractivity contribution in [1.82, 2.24) is 0 Å². The summed E-state index contributed by atoms with van der Waals surface area (Å²) in [5, 5.41) is 11.0. The van der Waals surface area contributed by atoms with Crippen molar-refractivity contribution < 1.29 is 9.84 Å². The van der Waals surface area contributed by atoms with Crippen LogP contribution in [-0.4, -0.2) is 10.7 Å². The Kier molecular flexibility index (Phi) is 8.33. The summed E-state index contributed by atoms with van der Waals surface area (Å²) >= 11 is 0. The summed E-state index contributed by atoms with van der Waals surface area (Å²) in [6.45, 7) is 4.63. The summed E-state index contributed by atoms with van der Waals surface area (Å²) in [5.41, 5.74) is 1.33. The molecule has 0 aliphatic carbocycles. The molecule has 138 valence electrons. The van der Waals surface area contributed by atoms with E-state index in [0.29, 0.717) is 19.4 Å². The van der Waals surface area contributed by atoms with E-state index in [1.165, 1.54) is 0 Å². The first-order valence-electron chi connectivity index (χ1n) is 9.44. The highest BCUT2D eigenvalue weighted by atomic mass is 16.5. The van der Waals surface area contributed by atoms with Gasteiger partial charge in [-0.25, -0.2) is 0 Å². The van der Waals surface area contributed by atoms with Gasteiger partial charge in [0.05, 0.1) is 18.3 Å². The Morgan fingerprint density at radius 3 is 2.23 bits per heavy atom. The first-order chi connectivity index (χ1) is 12.7. The molecule has 0 aromatic heterocycles. The van der Waals surface area contributed by atoms with Gasteiger partial charge in [-0.05, 0) is 24.0 Å². The second kappa shape index (κ2) is 10.7. The average Bonchev–Trinajstić information content (AvgIpc) is 2.70. The van der Waals surface area contributed by atoms with Gasteiger partial charge in [0, 0.05) is 6.42 Å². The van der Waals surface area contributed by atoms with Crippen LogP contribution < -0.4 is 0 Å². The Bertz CT molecular complexity index is 676. The molecule has 0 fully saturated rings. The Morgan fingerprint density at radius 1 is 0.962 bits per heavy atom. The van der Waals surface area contributed by atoms with Gasteiger partial charge >= 0.3 is 0 Å². The van der Waals surface area contributed by atoms with Gasteiger partial charge in [0.2, 0.25) is 0 Å². The van der Waals surface area contributed by atoms with E-state index in [0.717, 1.165) is 17.5 Å². The molecule has 0 radical (unpaired) electrons. The van der Waals surface area contributed by atoms with E-state index in [-0.39, 0.29) is 6.10 Å². The van der Waals surface area contributed by atoms with Gasteiger partial charge in [-0.2, -0.15) is 0 Å². The van der Waals surface area contributed by atoms with Crippen molar-refractivity contribution in [3.63, 3.8) is 0 Å². The van der Waals surface area contributed by atoms with Gasteiger partial charge in [-0.1, -0.05) is 98.8 Å². The van der Waals surface area contributed by atoms with E-state index >= 15 is 0 Å². The lowest BCUT2D eigenvalue weighted by Gasteiger charge is -2.29. The van der Waals surface area contributed by atoms with Crippen molar-refractivity contribution in [2.24, 2.45) is 0 Å². The maximum Gasteiger partial charge on any atom is 0.0860 e. The molecule has 0 aliphatic rings. The van der Waals surface area contributed by atoms with Crippen LogP contribution >= 0.6 is 0 Å². The zero-order chi connectivity index (χ0) is 18.7. The molecule has 0 aliphatic heterocycles. The van der Waals surface area contributed by atoms with Crippen molar-refractivity contribution in [2.45, 2.75) is 51.4 Å². The molecule has 2 nitrogen and oxygen atoms in total. The summed E-state index contributed by atoms with van der Waals surface area (Å²) in [7, 11) is 0. The third-order valence-electron chi connectivity index (χ3n) is 4.51. The first-order valence-corrected chi connectivity index (χ1v) is 9.44. The van der Waals surface area contributed by atoms with E-state index in [1.807, 2.05) is 61.5 Å². The standard InChI is InChI=1S/C24H30O2/c1-3-5-6-13-18-24(25,4-2)19-23(22-16-11-8-12-17-22)26-20-21-14-9-7-10-15-21/h5-18,23,25H,3-4,19-20H2,1-2H3/b6-5+,18-13+. The van der Waals surface area contributed by atoms with E-state index < -0.39 is 5.60 Å². The van der Waals surface area contributed by atoms with Crippen LogP contribution in [-0.2, 0) is 11.3 Å². The van der Waals surface area contributed by atoms with Crippen LogP contribution in [0.25, 0.3) is 0 Å². The summed E-state index contributed by atoms with van der Waals surface area (Å²) in [4.78, 5) is 0. The Hall–Kier alpha value is -2.16. The van der Waals surface area contributed by atoms with Crippen LogP contribution in [0, 0.1) is 0 Å². The summed E-state index contributed by atoms with van der Waals surface area (Å²) in [5.74, 6) is 0. The molecule has 2 rings (SSSR count). The summed E-state index contributed by atoms with van der Waals surface area (Å²) in [6, 6.07) is 20.3. The van der Waals surface area contributed by atoms with Crippen LogP contribution in [0.15, 0.2) is 85.0 Å². The smallest absolute Gasteiger partial charge is 0.0860 e. The van der Waals surface area contributed by atoms with E-state index in [1.54, 1.807) is 0 Å². The monoisotopic (exact) mass is 350 g/mol. The zero-order valence-electron chi connectivity index (χ0n) is 15.8. The molecule has 26 heavy (non-hydrogen) atoms. The molecule has 0 heterocycles. The second-order valence-electron chi connectivity index (χ2n) is 6.55. The van der Waals surface area contributed by atoms with Gasteiger partial charge in [0.15, 0.2) is 0 Å². The van der Waals surface area contributed by atoms with Crippen molar-refractivity contribution in [3.8, 4) is 0 Å². The Labute approximate surface area is 157 Å². The van der Waals surface area contributed by atoms with Crippen LogP contribution in [0.2, 0.25) is 0 Å². The topological polar surface area (TPSA) is 29.5 Å². The highest BCUT2D eigenvalue weighted by Gasteiger charge is 2.27. The highest BCUT2D eigenvalue weighted by molar-refractivity contribution is 5.20. The Balaban J connectivity index is 2.14. The molecule has 2 aromatic carbocycles. The van der Waals surface area contributed by atoms with E-state index in [9.17, 15) is 5.11 Å². The predicted octanol–water partition coefficient (Wildman–Crippen LogP) is 6.00. The number of aliphatic hydroxyl groups is 1. The first kappa shape index (κ1) is 20.2. The minimum Gasteiger partial charge on any atom is -0.386 e. The molecular formula is C24H30O2. The lowest BCUT2D eigenvalue weighted by molar-refractivity contribution is -0.0258. The molecule has 2 aromatic rings. The predicted molar refractivity (Wildman–Crippen MR) is 109 cm³/mol. The van der Waals surface area contributed by atoms with Crippen molar-refractivity contribution >= 4 is 0 Å². The zero-order valence-corrected chi connectivity index (χ0v) is 15.8. The van der Waals surface area contributed by atoms with Gasteiger partial charge in [0.25, 0.3) is 0 Å². The van der Waals surface area contributed by atoms with Crippen LogP contribution in [0.5, 0.6) is 0 Å². The summed E-state index contributed by atoms with van der Waals surface area (Å²) < 4.78 is 6.23. The van der Waals surface area contributed by atoms with E-state index in [2.05, 4.69) is 37.3 Å². The van der Waals surface area contributed by atoms with Crippen LogP contribution in [0.4, 0.5) is 0 Å². The molecule has 0 saturated heterocycles. The molecular weight excluding hydrogens is 320 g/mol. The fourth-order valence-electron chi connectivity index (χ4n) is 2.81. The lowest BCUT2D eigenvalue weighted by Crippen LogP contribution is -2.28. The SMILES string of the molecule is CC/C=C/C=C/C(O)(CC)CC(OCc1ccccc1)c1ccccc1. The third kappa shape index (κ3) is 6.62. The molecule has 2 heteroatoms. The number of rotatable bonds is 10. The molecule has 0 saturated carbocycles.